The Balaban J connectivity index is 1.74. The molecule has 0 aromatic carbocycles. The Morgan fingerprint density at radius 3 is 2.86 bits per heavy atom. The molecule has 1 aromatic heterocycles. The van der Waals surface area contributed by atoms with Gasteiger partial charge >= 0.3 is 0 Å². The molecular weight excluding hydrogens is 284 g/mol. The number of furan rings is 1. The van der Waals surface area contributed by atoms with Gasteiger partial charge in [-0.05, 0) is 19.9 Å². The van der Waals surface area contributed by atoms with Gasteiger partial charge in [0.1, 0.15) is 11.9 Å². The molecule has 0 aliphatic carbocycles. The number of carbonyl (C=O) groups is 1. The van der Waals surface area contributed by atoms with Crippen LogP contribution in [0.5, 0.6) is 0 Å². The highest BCUT2D eigenvalue weighted by atomic mass is 16.5. The smallest absolute Gasteiger partial charge is 0.257 e. The van der Waals surface area contributed by atoms with E-state index < -0.39 is 5.60 Å². The van der Waals surface area contributed by atoms with Gasteiger partial charge in [-0.1, -0.05) is 0 Å². The first-order valence-corrected chi connectivity index (χ1v) is 7.87. The summed E-state index contributed by atoms with van der Waals surface area (Å²) in [4.78, 5) is 16.8. The Morgan fingerprint density at radius 1 is 1.27 bits per heavy atom. The van der Waals surface area contributed by atoms with Crippen molar-refractivity contribution in [3.63, 3.8) is 0 Å². The second-order valence-corrected chi connectivity index (χ2v) is 6.39. The van der Waals surface area contributed by atoms with Crippen LogP contribution in [0.15, 0.2) is 23.0 Å². The average Bonchev–Trinajstić information content (AvgIpc) is 2.97. The Kier molecular flexibility index (Phi) is 4.52. The third-order valence-corrected chi connectivity index (χ3v) is 4.41. The second kappa shape index (κ2) is 6.40. The topological polar surface area (TPSA) is 55.2 Å². The van der Waals surface area contributed by atoms with Crippen molar-refractivity contribution in [3.8, 4) is 0 Å². The molecule has 122 valence electrons. The van der Waals surface area contributed by atoms with Crippen molar-refractivity contribution in [1.82, 2.24) is 9.80 Å². The van der Waals surface area contributed by atoms with Crippen LogP contribution in [0.1, 0.15) is 24.2 Å². The van der Waals surface area contributed by atoms with Crippen molar-refractivity contribution in [2.24, 2.45) is 0 Å². The lowest BCUT2D eigenvalue weighted by Gasteiger charge is -2.44. The first-order valence-electron chi connectivity index (χ1n) is 7.87. The van der Waals surface area contributed by atoms with Crippen molar-refractivity contribution in [2.45, 2.75) is 25.5 Å². The molecule has 0 N–H and O–H groups in total. The number of morpholine rings is 1. The number of ether oxygens (including phenoxy) is 2. The van der Waals surface area contributed by atoms with E-state index in [-0.39, 0.29) is 5.91 Å². The summed E-state index contributed by atoms with van der Waals surface area (Å²) in [5.41, 5.74) is 0.158. The maximum absolute atomic E-state index is 12.5. The summed E-state index contributed by atoms with van der Waals surface area (Å²) in [7, 11) is 0. The number of carbonyl (C=O) groups excluding carboxylic acids is 1. The number of rotatable bonds is 2. The SMILES string of the molecule is CC(C)N1CCOCC2(CN(C(=O)c3ccoc3)CCO2)C1. The molecule has 2 fully saturated rings. The van der Waals surface area contributed by atoms with E-state index >= 15 is 0 Å². The van der Waals surface area contributed by atoms with Crippen LogP contribution in [0, 0.1) is 0 Å². The monoisotopic (exact) mass is 308 g/mol. The molecule has 1 amide bonds. The molecule has 6 nitrogen and oxygen atoms in total. The first-order chi connectivity index (χ1) is 10.6. The Bertz CT molecular complexity index is 502. The Labute approximate surface area is 131 Å². The fourth-order valence-electron chi connectivity index (χ4n) is 3.15. The van der Waals surface area contributed by atoms with Gasteiger partial charge < -0.3 is 18.8 Å². The molecule has 2 aliphatic rings. The van der Waals surface area contributed by atoms with Gasteiger partial charge in [-0.3, -0.25) is 9.69 Å². The van der Waals surface area contributed by atoms with E-state index in [9.17, 15) is 4.79 Å². The van der Waals surface area contributed by atoms with E-state index in [0.717, 1.165) is 13.1 Å². The molecule has 1 spiro atoms. The van der Waals surface area contributed by atoms with Crippen LogP contribution in [0.4, 0.5) is 0 Å². The lowest BCUT2D eigenvalue weighted by molar-refractivity contribution is -0.134. The zero-order chi connectivity index (χ0) is 15.6. The van der Waals surface area contributed by atoms with E-state index in [1.54, 1.807) is 6.07 Å². The Morgan fingerprint density at radius 2 is 2.14 bits per heavy atom. The van der Waals surface area contributed by atoms with Gasteiger partial charge in [-0.15, -0.1) is 0 Å². The molecule has 6 heteroatoms. The van der Waals surface area contributed by atoms with Crippen molar-refractivity contribution < 1.29 is 18.7 Å². The third-order valence-electron chi connectivity index (χ3n) is 4.41. The zero-order valence-corrected chi connectivity index (χ0v) is 13.3. The molecule has 2 saturated heterocycles. The van der Waals surface area contributed by atoms with Crippen LogP contribution in [0.2, 0.25) is 0 Å². The fraction of sp³-hybridized carbons (Fsp3) is 0.688. The number of hydrogen-bond donors (Lipinski definition) is 0. The minimum atomic E-state index is -0.432. The molecule has 22 heavy (non-hydrogen) atoms. The molecule has 0 saturated carbocycles. The van der Waals surface area contributed by atoms with Gasteiger partial charge in [0.15, 0.2) is 0 Å². The maximum Gasteiger partial charge on any atom is 0.257 e. The van der Waals surface area contributed by atoms with E-state index in [1.807, 2.05) is 4.90 Å². The standard InChI is InChI=1S/C16H24N2O4/c1-13(2)17-4-7-21-12-16(10-17)11-18(5-8-22-16)15(19)14-3-6-20-9-14/h3,6,9,13H,4-5,7-8,10-12H2,1-2H3. The highest BCUT2D eigenvalue weighted by molar-refractivity contribution is 5.93. The predicted molar refractivity (Wildman–Crippen MR) is 80.8 cm³/mol. The average molecular weight is 308 g/mol. The third kappa shape index (κ3) is 3.19. The molecule has 0 bridgehead atoms. The molecule has 1 aromatic rings. The van der Waals surface area contributed by atoms with Crippen LogP contribution in [-0.2, 0) is 9.47 Å². The Hall–Kier alpha value is -1.37. The highest BCUT2D eigenvalue weighted by Crippen LogP contribution is 2.24. The summed E-state index contributed by atoms with van der Waals surface area (Å²) in [6, 6.07) is 2.14. The van der Waals surface area contributed by atoms with Crippen molar-refractivity contribution >= 4 is 5.91 Å². The van der Waals surface area contributed by atoms with Crippen LogP contribution in [0.3, 0.4) is 0 Å². The van der Waals surface area contributed by atoms with Gasteiger partial charge in [0.2, 0.25) is 0 Å². The molecular formula is C16H24N2O4. The maximum atomic E-state index is 12.5. The van der Waals surface area contributed by atoms with Crippen molar-refractivity contribution in [3.05, 3.63) is 24.2 Å². The molecule has 2 aliphatic heterocycles. The van der Waals surface area contributed by atoms with Crippen LogP contribution < -0.4 is 0 Å². The van der Waals surface area contributed by atoms with E-state index in [4.69, 9.17) is 13.9 Å². The van der Waals surface area contributed by atoms with E-state index in [0.29, 0.717) is 44.5 Å². The van der Waals surface area contributed by atoms with Crippen LogP contribution in [-0.4, -0.2) is 73.3 Å². The zero-order valence-electron chi connectivity index (χ0n) is 13.3. The van der Waals surface area contributed by atoms with Crippen LogP contribution >= 0.6 is 0 Å². The highest BCUT2D eigenvalue weighted by Gasteiger charge is 2.42. The lowest BCUT2D eigenvalue weighted by Crippen LogP contribution is -2.60. The first kappa shape index (κ1) is 15.5. The largest absolute Gasteiger partial charge is 0.472 e. The summed E-state index contributed by atoms with van der Waals surface area (Å²) >= 11 is 0. The van der Waals surface area contributed by atoms with E-state index in [2.05, 4.69) is 18.7 Å². The minimum Gasteiger partial charge on any atom is -0.472 e. The summed E-state index contributed by atoms with van der Waals surface area (Å²) < 4.78 is 16.9. The van der Waals surface area contributed by atoms with Crippen molar-refractivity contribution in [2.75, 3.05) is 46.0 Å². The number of amides is 1. The summed E-state index contributed by atoms with van der Waals surface area (Å²) in [5, 5.41) is 0. The second-order valence-electron chi connectivity index (χ2n) is 6.39. The van der Waals surface area contributed by atoms with Crippen LogP contribution in [0.25, 0.3) is 0 Å². The number of hydrogen-bond acceptors (Lipinski definition) is 5. The summed E-state index contributed by atoms with van der Waals surface area (Å²) in [6.07, 6.45) is 3.02. The summed E-state index contributed by atoms with van der Waals surface area (Å²) in [6.45, 7) is 8.99. The molecule has 1 unspecified atom stereocenters. The van der Waals surface area contributed by atoms with Crippen molar-refractivity contribution in [1.29, 1.82) is 0 Å². The normalized spacial score (nSPS) is 27.3. The van der Waals surface area contributed by atoms with Gasteiger partial charge in [-0.2, -0.15) is 0 Å². The van der Waals surface area contributed by atoms with Gasteiger partial charge in [-0.25, -0.2) is 0 Å². The van der Waals surface area contributed by atoms with E-state index in [1.165, 1.54) is 12.5 Å². The van der Waals surface area contributed by atoms with Gasteiger partial charge in [0.25, 0.3) is 5.91 Å². The lowest BCUT2D eigenvalue weighted by atomic mass is 10.0. The van der Waals surface area contributed by atoms with Gasteiger partial charge in [0.05, 0.1) is 38.2 Å². The summed E-state index contributed by atoms with van der Waals surface area (Å²) in [5.74, 6) is -0.00299. The molecule has 1 atom stereocenters. The minimum absolute atomic E-state index is 0.00299. The quantitative estimate of drug-likeness (QED) is 0.822. The fourth-order valence-corrected chi connectivity index (χ4v) is 3.15. The molecule has 3 heterocycles. The number of nitrogens with zero attached hydrogens (tertiary/aromatic N) is 2. The predicted octanol–water partition coefficient (Wildman–Crippen LogP) is 1.23. The van der Waals surface area contributed by atoms with Gasteiger partial charge in [0, 0.05) is 25.7 Å². The molecule has 0 radical (unpaired) electrons. The molecule has 3 rings (SSSR count).